The Labute approximate surface area is 142 Å². The molecule has 2 aliphatic carbocycles. The van der Waals surface area contributed by atoms with Crippen molar-refractivity contribution < 1.29 is 4.39 Å². The maximum absolute atomic E-state index is 14.9. The van der Waals surface area contributed by atoms with Crippen LogP contribution >= 0.6 is 0 Å². The van der Waals surface area contributed by atoms with Crippen molar-refractivity contribution in [2.45, 2.75) is 31.8 Å². The number of hydrogen-bond acceptors (Lipinski definition) is 5. The molecule has 2 heterocycles. The Morgan fingerprint density at radius 2 is 1.84 bits per heavy atom. The molecule has 8 heteroatoms. The van der Waals surface area contributed by atoms with Crippen LogP contribution in [0.2, 0.25) is 0 Å². The van der Waals surface area contributed by atoms with E-state index in [9.17, 15) is 14.0 Å². The van der Waals surface area contributed by atoms with Crippen molar-refractivity contribution in [3.8, 4) is 0 Å². The van der Waals surface area contributed by atoms with E-state index in [0.29, 0.717) is 33.3 Å². The number of halogens is 1. The van der Waals surface area contributed by atoms with Crippen LogP contribution in [0.25, 0.3) is 10.9 Å². The van der Waals surface area contributed by atoms with E-state index in [1.165, 1.54) is 6.07 Å². The predicted octanol–water partition coefficient (Wildman–Crippen LogP) is 0.0527. The standard InChI is InChI=1S/C17H20FN5O2/c1-7-14-9(16(24)23(20)17(25)22(14)8-2-3-8)4-12(18)15(7)21-5-10-11(6-21)13(10)19/h4,8,10-11,13H,2-3,5-6,19-20H2,1H3. The molecule has 7 nitrogen and oxygen atoms in total. The summed E-state index contributed by atoms with van der Waals surface area (Å²) in [6.45, 7) is 3.22. The predicted molar refractivity (Wildman–Crippen MR) is 92.8 cm³/mol. The molecule has 2 saturated carbocycles. The summed E-state index contributed by atoms with van der Waals surface area (Å²) in [5.74, 6) is 6.02. The molecule has 1 aromatic carbocycles. The summed E-state index contributed by atoms with van der Waals surface area (Å²) in [6.07, 6.45) is 1.73. The smallest absolute Gasteiger partial charge is 0.350 e. The first-order chi connectivity index (χ1) is 11.9. The number of nitrogens with two attached hydrogens (primary N) is 2. The zero-order chi connectivity index (χ0) is 17.6. The van der Waals surface area contributed by atoms with Gasteiger partial charge in [0.1, 0.15) is 5.82 Å². The van der Waals surface area contributed by atoms with Gasteiger partial charge in [0.05, 0.1) is 16.6 Å². The summed E-state index contributed by atoms with van der Waals surface area (Å²) in [5, 5.41) is 0.161. The van der Waals surface area contributed by atoms with Crippen LogP contribution in [0.5, 0.6) is 0 Å². The van der Waals surface area contributed by atoms with Crippen LogP contribution in [0.15, 0.2) is 15.7 Å². The number of nitrogen functional groups attached to an aromatic ring is 1. The summed E-state index contributed by atoms with van der Waals surface area (Å²) >= 11 is 0. The second-order valence-corrected chi connectivity index (χ2v) is 7.60. The van der Waals surface area contributed by atoms with Crippen molar-refractivity contribution in [3.05, 3.63) is 38.3 Å². The van der Waals surface area contributed by atoms with Crippen LogP contribution in [0, 0.1) is 24.6 Å². The molecular weight excluding hydrogens is 325 g/mol. The third-order valence-electron chi connectivity index (χ3n) is 6.05. The quantitative estimate of drug-likeness (QED) is 0.750. The Bertz CT molecular complexity index is 1030. The summed E-state index contributed by atoms with van der Waals surface area (Å²) in [6, 6.07) is 1.47. The van der Waals surface area contributed by atoms with Gasteiger partial charge in [0, 0.05) is 30.7 Å². The normalized spacial score (nSPS) is 27.8. The Morgan fingerprint density at radius 1 is 1.20 bits per heavy atom. The highest BCUT2D eigenvalue weighted by Crippen LogP contribution is 2.47. The SMILES string of the molecule is Cc1c(N2CC3C(N)C3C2)c(F)cc2c(=O)n(N)c(=O)n(C3CC3)c12. The zero-order valence-corrected chi connectivity index (χ0v) is 13.9. The lowest BCUT2D eigenvalue weighted by atomic mass is 10.1. The molecule has 2 unspecified atom stereocenters. The minimum absolute atomic E-state index is 0.0304. The van der Waals surface area contributed by atoms with Crippen molar-refractivity contribution >= 4 is 16.6 Å². The van der Waals surface area contributed by atoms with Crippen LogP contribution in [-0.2, 0) is 0 Å². The largest absolute Gasteiger partial charge is 0.368 e. The van der Waals surface area contributed by atoms with Gasteiger partial charge in [-0.3, -0.25) is 9.36 Å². The molecule has 5 rings (SSSR count). The lowest BCUT2D eigenvalue weighted by Gasteiger charge is -2.25. The average molecular weight is 345 g/mol. The van der Waals surface area contributed by atoms with Gasteiger partial charge in [0.15, 0.2) is 0 Å². The molecule has 2 atom stereocenters. The Kier molecular flexibility index (Phi) is 2.77. The number of aryl methyl sites for hydroxylation is 1. The van der Waals surface area contributed by atoms with E-state index in [1.807, 2.05) is 4.90 Å². The number of nitrogens with zero attached hydrogens (tertiary/aromatic N) is 3. The van der Waals surface area contributed by atoms with Crippen molar-refractivity contribution in [3.63, 3.8) is 0 Å². The molecule has 0 amide bonds. The molecule has 0 radical (unpaired) electrons. The maximum Gasteiger partial charge on any atom is 0.350 e. The van der Waals surface area contributed by atoms with Gasteiger partial charge >= 0.3 is 5.69 Å². The van der Waals surface area contributed by atoms with Crippen molar-refractivity contribution in [1.82, 2.24) is 9.24 Å². The molecule has 0 bridgehead atoms. The van der Waals surface area contributed by atoms with Gasteiger partial charge in [-0.15, -0.1) is 0 Å². The first-order valence-corrected chi connectivity index (χ1v) is 8.66. The van der Waals surface area contributed by atoms with Crippen molar-refractivity contribution in [2.24, 2.45) is 17.6 Å². The van der Waals surface area contributed by atoms with Crippen molar-refractivity contribution in [1.29, 1.82) is 0 Å². The number of hydrogen-bond donors (Lipinski definition) is 2. The highest BCUT2D eigenvalue weighted by molar-refractivity contribution is 5.87. The third-order valence-corrected chi connectivity index (χ3v) is 6.05. The summed E-state index contributed by atoms with van der Waals surface area (Å²) in [7, 11) is 0. The molecule has 3 aliphatic rings. The fourth-order valence-electron chi connectivity index (χ4n) is 4.47. The van der Waals surface area contributed by atoms with Crippen molar-refractivity contribution in [2.75, 3.05) is 23.8 Å². The Morgan fingerprint density at radius 3 is 2.44 bits per heavy atom. The highest BCUT2D eigenvalue weighted by atomic mass is 19.1. The molecule has 1 aromatic heterocycles. The van der Waals surface area contributed by atoms with E-state index < -0.39 is 17.1 Å². The summed E-state index contributed by atoms with van der Waals surface area (Å²) in [4.78, 5) is 26.9. The van der Waals surface area contributed by atoms with Crippen LogP contribution < -0.4 is 27.7 Å². The van der Waals surface area contributed by atoms with E-state index in [2.05, 4.69) is 0 Å². The number of fused-ring (bicyclic) bond motifs is 2. The van der Waals surface area contributed by atoms with Crippen LogP contribution in [0.4, 0.5) is 10.1 Å². The lowest BCUT2D eigenvalue weighted by molar-refractivity contribution is 0.612. The minimum atomic E-state index is -0.656. The number of aromatic nitrogens is 2. The van der Waals surface area contributed by atoms with Gasteiger partial charge in [-0.1, -0.05) is 0 Å². The number of anilines is 1. The number of benzene rings is 1. The zero-order valence-electron chi connectivity index (χ0n) is 13.9. The first-order valence-electron chi connectivity index (χ1n) is 8.66. The molecule has 25 heavy (non-hydrogen) atoms. The molecule has 2 aromatic rings. The van der Waals surface area contributed by atoms with Gasteiger partial charge < -0.3 is 16.5 Å². The fraction of sp³-hybridized carbons (Fsp3) is 0.529. The minimum Gasteiger partial charge on any atom is -0.368 e. The molecule has 1 saturated heterocycles. The maximum atomic E-state index is 14.9. The van der Waals surface area contributed by atoms with Gasteiger partial charge in [-0.25, -0.2) is 9.18 Å². The molecular formula is C17H20FN5O2. The van der Waals surface area contributed by atoms with E-state index in [1.54, 1.807) is 11.5 Å². The van der Waals surface area contributed by atoms with E-state index in [-0.39, 0.29) is 17.5 Å². The average Bonchev–Trinajstić information content (AvgIpc) is 3.46. The molecule has 4 N–H and O–H groups in total. The second kappa shape index (κ2) is 4.63. The number of piperidine rings is 1. The van der Waals surface area contributed by atoms with Gasteiger partial charge in [0.2, 0.25) is 0 Å². The Hall–Kier alpha value is -2.35. The van der Waals surface area contributed by atoms with Crippen LogP contribution in [0.1, 0.15) is 24.4 Å². The molecule has 3 fully saturated rings. The summed E-state index contributed by atoms with van der Waals surface area (Å²) in [5.41, 5.74) is 6.42. The first kappa shape index (κ1) is 14.9. The summed E-state index contributed by atoms with van der Waals surface area (Å²) < 4.78 is 17.0. The second-order valence-electron chi connectivity index (χ2n) is 7.60. The van der Waals surface area contributed by atoms with E-state index in [0.717, 1.165) is 25.9 Å². The topological polar surface area (TPSA) is 99.3 Å². The fourth-order valence-corrected chi connectivity index (χ4v) is 4.47. The lowest BCUT2D eigenvalue weighted by Crippen LogP contribution is -2.44. The monoisotopic (exact) mass is 345 g/mol. The van der Waals surface area contributed by atoms with Gasteiger partial charge in [-0.05, 0) is 37.7 Å². The Balaban J connectivity index is 1.78. The van der Waals surface area contributed by atoms with Gasteiger partial charge in [0.25, 0.3) is 5.56 Å². The van der Waals surface area contributed by atoms with E-state index >= 15 is 0 Å². The highest BCUT2D eigenvalue weighted by Gasteiger charge is 2.54. The van der Waals surface area contributed by atoms with Gasteiger partial charge in [-0.2, -0.15) is 4.68 Å². The molecule has 0 spiro atoms. The third kappa shape index (κ3) is 1.88. The van der Waals surface area contributed by atoms with E-state index in [4.69, 9.17) is 11.6 Å². The molecule has 1 aliphatic heterocycles. The van der Waals surface area contributed by atoms with Crippen LogP contribution in [0.3, 0.4) is 0 Å². The number of rotatable bonds is 2. The molecule has 132 valence electrons. The van der Waals surface area contributed by atoms with Crippen LogP contribution in [-0.4, -0.2) is 28.4 Å².